The van der Waals surface area contributed by atoms with Crippen LogP contribution in [0.15, 0.2) is 59.7 Å². The number of aromatic nitrogens is 3. The van der Waals surface area contributed by atoms with E-state index in [1.165, 1.54) is 29.3 Å². The number of carbonyl (C=O) groups is 2. The molecule has 0 saturated heterocycles. The number of halogens is 1. The number of aryl methyl sites for hydroxylation is 1. The molecule has 0 radical (unpaired) electrons. The predicted octanol–water partition coefficient (Wildman–Crippen LogP) is 1.58. The highest BCUT2D eigenvalue weighted by molar-refractivity contribution is 6.40. The third-order valence-electron chi connectivity index (χ3n) is 4.87. The summed E-state index contributed by atoms with van der Waals surface area (Å²) in [4.78, 5) is 29.4. The van der Waals surface area contributed by atoms with Crippen LogP contribution in [0.2, 0.25) is 0 Å². The lowest BCUT2D eigenvalue weighted by Gasteiger charge is -2.20. The number of aromatic amines is 1. The van der Waals surface area contributed by atoms with Crippen molar-refractivity contribution in [3.63, 3.8) is 0 Å². The zero-order chi connectivity index (χ0) is 22.0. The van der Waals surface area contributed by atoms with Crippen LogP contribution in [-0.2, 0) is 9.59 Å². The highest BCUT2D eigenvalue weighted by Crippen LogP contribution is 2.26. The number of primary amides is 1. The van der Waals surface area contributed by atoms with Gasteiger partial charge >= 0.3 is 0 Å². The molecule has 10 heteroatoms. The zero-order valence-corrected chi connectivity index (χ0v) is 16.6. The van der Waals surface area contributed by atoms with Crippen molar-refractivity contribution in [2.75, 3.05) is 5.01 Å². The molecule has 2 atom stereocenters. The maximum absolute atomic E-state index is 13.3. The number of nitrogens with one attached hydrogen (secondary N) is 2. The number of H-pyrrole nitrogens is 1. The van der Waals surface area contributed by atoms with E-state index in [4.69, 9.17) is 5.73 Å². The molecule has 2 heterocycles. The molecule has 1 aliphatic rings. The molecule has 0 aliphatic carbocycles. The first-order valence-corrected chi connectivity index (χ1v) is 9.58. The van der Waals surface area contributed by atoms with Gasteiger partial charge in [0.15, 0.2) is 5.82 Å². The van der Waals surface area contributed by atoms with Gasteiger partial charge in [0.1, 0.15) is 29.4 Å². The first-order chi connectivity index (χ1) is 14.9. The molecule has 3 aromatic rings. The topological polar surface area (TPSA) is 129 Å². The highest BCUT2D eigenvalue weighted by Gasteiger charge is 2.36. The molecule has 2 aromatic carbocycles. The minimum Gasteiger partial charge on any atom is -0.368 e. The van der Waals surface area contributed by atoms with E-state index >= 15 is 0 Å². The minimum atomic E-state index is -0.855. The number of rotatable bonds is 6. The molecule has 0 bridgehead atoms. The molecule has 9 nitrogen and oxygen atoms in total. The van der Waals surface area contributed by atoms with E-state index in [1.54, 1.807) is 6.92 Å². The molecular weight excluding hydrogens is 401 g/mol. The molecule has 158 valence electrons. The maximum Gasteiger partial charge on any atom is 0.268 e. The molecule has 1 aromatic heterocycles. The Bertz CT molecular complexity index is 1130. The summed E-state index contributed by atoms with van der Waals surface area (Å²) in [6, 6.07) is 13.2. The summed E-state index contributed by atoms with van der Waals surface area (Å²) < 4.78 is 13.3. The average molecular weight is 421 g/mol. The number of hydrogen-bond acceptors (Lipinski definition) is 6. The second kappa shape index (κ2) is 8.34. The van der Waals surface area contributed by atoms with Gasteiger partial charge in [0.25, 0.3) is 5.91 Å². The molecule has 0 fully saturated rings. The van der Waals surface area contributed by atoms with Crippen LogP contribution in [0.5, 0.6) is 0 Å². The Hall–Kier alpha value is -4.08. The van der Waals surface area contributed by atoms with E-state index in [9.17, 15) is 14.0 Å². The van der Waals surface area contributed by atoms with Gasteiger partial charge in [-0.1, -0.05) is 30.3 Å². The summed E-state index contributed by atoms with van der Waals surface area (Å²) in [5.74, 6) is -0.530. The third-order valence-corrected chi connectivity index (χ3v) is 4.87. The summed E-state index contributed by atoms with van der Waals surface area (Å²) in [5.41, 5.74) is 6.89. The minimum absolute atomic E-state index is 0.0209. The van der Waals surface area contributed by atoms with E-state index < -0.39 is 29.7 Å². The van der Waals surface area contributed by atoms with Gasteiger partial charge in [0, 0.05) is 6.42 Å². The summed E-state index contributed by atoms with van der Waals surface area (Å²) in [6.07, 6.45) is 0.0209. The van der Waals surface area contributed by atoms with Gasteiger partial charge in [-0.25, -0.2) is 9.37 Å². The number of benzene rings is 2. The van der Waals surface area contributed by atoms with Crippen LogP contribution in [0.25, 0.3) is 0 Å². The van der Waals surface area contributed by atoms with Gasteiger partial charge in [0.2, 0.25) is 5.91 Å². The van der Waals surface area contributed by atoms with E-state index in [0.717, 1.165) is 5.56 Å². The van der Waals surface area contributed by atoms with Crippen LogP contribution in [0, 0.1) is 12.7 Å². The van der Waals surface area contributed by atoms with Gasteiger partial charge in [-0.15, -0.1) is 0 Å². The number of nitrogens with zero attached hydrogens (tertiary/aromatic N) is 4. The van der Waals surface area contributed by atoms with E-state index in [0.29, 0.717) is 17.3 Å². The van der Waals surface area contributed by atoms with Crippen LogP contribution in [0.1, 0.15) is 29.7 Å². The monoisotopic (exact) mass is 421 g/mol. The number of anilines is 1. The largest absolute Gasteiger partial charge is 0.368 e. The van der Waals surface area contributed by atoms with Gasteiger partial charge < -0.3 is 11.1 Å². The lowest BCUT2D eigenvalue weighted by atomic mass is 10.0. The van der Waals surface area contributed by atoms with Crippen molar-refractivity contribution in [3.8, 4) is 0 Å². The van der Waals surface area contributed by atoms with Crippen molar-refractivity contribution < 1.29 is 14.0 Å². The van der Waals surface area contributed by atoms with E-state index in [2.05, 4.69) is 25.6 Å². The van der Waals surface area contributed by atoms with Crippen LogP contribution >= 0.6 is 0 Å². The van der Waals surface area contributed by atoms with Gasteiger partial charge in [-0.3, -0.25) is 19.7 Å². The van der Waals surface area contributed by atoms with Crippen molar-refractivity contribution in [3.05, 3.63) is 77.6 Å². The molecule has 1 aliphatic heterocycles. The SMILES string of the molecule is Cc1nc(C(NC(=O)C2=NN(c3ccc(F)cc3)C(C(N)=O)C2)c2ccccc2)n[nH]1. The Morgan fingerprint density at radius 2 is 1.90 bits per heavy atom. The molecular formula is C21H20FN7O2. The maximum atomic E-state index is 13.3. The summed E-state index contributed by atoms with van der Waals surface area (Å²) in [7, 11) is 0. The standard InChI is InChI=1S/C21H20FN7O2/c1-12-24-20(27-26-12)18(13-5-3-2-4-6-13)25-21(31)16-11-17(19(23)30)29(28-16)15-9-7-14(22)8-10-15/h2-10,17-18H,11H2,1H3,(H2,23,30)(H,25,31)(H,24,26,27). The number of amides is 2. The smallest absolute Gasteiger partial charge is 0.268 e. The van der Waals surface area contributed by atoms with Crippen LogP contribution in [0.4, 0.5) is 10.1 Å². The molecule has 4 rings (SSSR count). The third kappa shape index (κ3) is 4.27. The average Bonchev–Trinajstić information content (AvgIpc) is 3.40. The lowest BCUT2D eigenvalue weighted by molar-refractivity contribution is -0.119. The molecule has 2 amide bonds. The predicted molar refractivity (Wildman–Crippen MR) is 111 cm³/mol. The summed E-state index contributed by atoms with van der Waals surface area (Å²) in [5, 5.41) is 15.5. The number of nitrogens with two attached hydrogens (primary N) is 1. The fourth-order valence-corrected chi connectivity index (χ4v) is 3.35. The van der Waals surface area contributed by atoms with E-state index in [-0.39, 0.29) is 12.1 Å². The zero-order valence-electron chi connectivity index (χ0n) is 16.6. The van der Waals surface area contributed by atoms with Crippen LogP contribution in [0.3, 0.4) is 0 Å². The Balaban J connectivity index is 1.62. The van der Waals surface area contributed by atoms with Gasteiger partial charge in [0.05, 0.1) is 5.69 Å². The first kappa shape index (κ1) is 20.2. The Kier molecular flexibility index (Phi) is 5.44. The molecule has 31 heavy (non-hydrogen) atoms. The van der Waals surface area contributed by atoms with Gasteiger partial charge in [-0.2, -0.15) is 10.2 Å². The fraction of sp³-hybridized carbons (Fsp3) is 0.190. The highest BCUT2D eigenvalue weighted by atomic mass is 19.1. The Morgan fingerprint density at radius 3 is 2.52 bits per heavy atom. The van der Waals surface area contributed by atoms with Crippen LogP contribution < -0.4 is 16.1 Å². The second-order valence-corrected chi connectivity index (χ2v) is 7.09. The van der Waals surface area contributed by atoms with Gasteiger partial charge in [-0.05, 0) is 36.8 Å². The van der Waals surface area contributed by atoms with Crippen molar-refractivity contribution in [1.82, 2.24) is 20.5 Å². The van der Waals surface area contributed by atoms with E-state index in [1.807, 2.05) is 30.3 Å². The quantitative estimate of drug-likeness (QED) is 0.556. The van der Waals surface area contributed by atoms with Crippen molar-refractivity contribution in [2.45, 2.75) is 25.4 Å². The van der Waals surface area contributed by atoms with Crippen LogP contribution in [-0.4, -0.2) is 38.7 Å². The van der Waals surface area contributed by atoms with Crippen molar-refractivity contribution >= 4 is 23.2 Å². The number of carbonyl (C=O) groups excluding carboxylic acids is 2. The first-order valence-electron chi connectivity index (χ1n) is 9.58. The Labute approximate surface area is 177 Å². The molecule has 0 saturated carbocycles. The summed E-state index contributed by atoms with van der Waals surface area (Å²) >= 11 is 0. The second-order valence-electron chi connectivity index (χ2n) is 7.09. The fourth-order valence-electron chi connectivity index (χ4n) is 3.35. The summed E-state index contributed by atoms with van der Waals surface area (Å²) in [6.45, 7) is 1.76. The normalized spacial score (nSPS) is 16.6. The number of hydrogen-bond donors (Lipinski definition) is 3. The van der Waals surface area contributed by atoms with Crippen molar-refractivity contribution in [2.24, 2.45) is 10.8 Å². The van der Waals surface area contributed by atoms with Crippen molar-refractivity contribution in [1.29, 1.82) is 0 Å². The lowest BCUT2D eigenvalue weighted by Crippen LogP contribution is -2.40. The molecule has 2 unspecified atom stereocenters. The number of hydrazone groups is 1. The Morgan fingerprint density at radius 1 is 1.19 bits per heavy atom. The molecule has 4 N–H and O–H groups in total. The molecule has 0 spiro atoms.